The number of carbonyl (C=O) groups excluding carboxylic acids is 4. The molecule has 3 fully saturated rings. The number of aliphatic hydroxyl groups is 1. The average Bonchev–Trinajstić information content (AvgIpc) is 3.86. The molecule has 1 aromatic carbocycles. The van der Waals surface area contributed by atoms with E-state index in [2.05, 4.69) is 20.6 Å². The first kappa shape index (κ1) is 59.0. The summed E-state index contributed by atoms with van der Waals surface area (Å²) in [4.78, 5) is 64.4. The summed E-state index contributed by atoms with van der Waals surface area (Å²) in [6, 6.07) is 9.71. The Hall–Kier alpha value is -5.00. The van der Waals surface area contributed by atoms with Crippen molar-refractivity contribution < 1.29 is 53.1 Å². The van der Waals surface area contributed by atoms with Crippen LogP contribution in [0.4, 0.5) is 14.4 Å². The fourth-order valence-electron chi connectivity index (χ4n) is 7.70. The van der Waals surface area contributed by atoms with Crippen LogP contribution in [0.3, 0.4) is 0 Å². The van der Waals surface area contributed by atoms with Crippen LogP contribution in [0, 0.1) is 17.8 Å². The lowest BCUT2D eigenvalue weighted by Crippen LogP contribution is -2.52. The Morgan fingerprint density at radius 1 is 0.970 bits per heavy atom. The number of carbonyl (C=O) groups is 5. The van der Waals surface area contributed by atoms with Gasteiger partial charge in [-0.1, -0.05) is 84.9 Å². The van der Waals surface area contributed by atoms with Gasteiger partial charge in [0.2, 0.25) is 0 Å². The second kappa shape index (κ2) is 30.3. The maximum Gasteiger partial charge on any atom is 0.408 e. The number of rotatable bonds is 8. The molecule has 0 saturated carbocycles. The SMILES string of the molecule is CC.CC.CC1CCC[C@H](OC(=O)NC/C=C/c2ccc(-c3ccn(C)n3)cc2)C[C@@H](C)C(=O)[C@H](C)[C@H]2NC(=O)O[C@]2(C)COC1=O.CC1C[C@H](N(C)C)CC(O)O1.CCN(CC)C(=O)O. The van der Waals surface area contributed by atoms with Crippen LogP contribution >= 0.6 is 0 Å². The molecule has 0 radical (unpaired) electrons. The highest BCUT2D eigenvalue weighted by molar-refractivity contribution is 5.85. The topological polar surface area (TPSA) is 211 Å². The van der Waals surface area contributed by atoms with Crippen molar-refractivity contribution in [3.63, 3.8) is 0 Å². The van der Waals surface area contributed by atoms with E-state index in [4.69, 9.17) is 24.1 Å². The standard InChI is InChI=1S/C32H42N4O7.C8H17NO2.C5H11NO2.2C2H6/c1-20-8-6-10-25(18-21(2)27(37)22(3)28-32(4,19-41-29(20)38)43-31(40)34-28)42-30(39)33-16-7-9-23-11-13-24(14-12-23)26-15-17-36(5)35-26;1-6-4-7(9(2)3)5-8(10)11-6;1-3-6(4-2)5(7)8;2*1-2/h7,9,11-15,17,20-22,25,28H,6,8,10,16,18-19H2,1-5H3,(H,33,39)(H,34,40);6-8,10H,4-5H2,1-3H3;3-4H2,1-2H3,(H,7,8);2*1-2H3/b9-7+;;;;/t20?,21-,22+,25+,28-,32-;6?,7-,8?;;;/m10.../s1. The molecule has 3 amide bonds. The minimum Gasteiger partial charge on any atom is -0.465 e. The minimum absolute atomic E-state index is 0.0928. The molecule has 5 rings (SSSR count). The predicted octanol–water partition coefficient (Wildman–Crippen LogP) is 8.15. The Kier molecular flexibility index (Phi) is 27.1. The van der Waals surface area contributed by atoms with Gasteiger partial charge in [-0.25, -0.2) is 14.4 Å². The van der Waals surface area contributed by atoms with Crippen LogP contribution in [0.5, 0.6) is 0 Å². The van der Waals surface area contributed by atoms with E-state index in [9.17, 15) is 29.1 Å². The lowest BCUT2D eigenvalue weighted by molar-refractivity contribution is -0.172. The number of nitrogens with zero attached hydrogens (tertiary/aromatic N) is 4. The van der Waals surface area contributed by atoms with Crippen LogP contribution in [0.2, 0.25) is 0 Å². The number of amides is 3. The number of esters is 1. The lowest BCUT2D eigenvalue weighted by atomic mass is 9.80. The largest absolute Gasteiger partial charge is 0.465 e. The zero-order valence-corrected chi connectivity index (χ0v) is 42.2. The number of aryl methyl sites for hydroxylation is 1. The van der Waals surface area contributed by atoms with Gasteiger partial charge in [0.1, 0.15) is 18.5 Å². The van der Waals surface area contributed by atoms with Crippen molar-refractivity contribution in [2.75, 3.05) is 40.3 Å². The maximum atomic E-state index is 13.4. The summed E-state index contributed by atoms with van der Waals surface area (Å²) in [6.07, 6.45) is 6.38. The second-order valence-electron chi connectivity index (χ2n) is 16.8. The summed E-state index contributed by atoms with van der Waals surface area (Å²) < 4.78 is 23.7. The third-order valence-corrected chi connectivity index (χ3v) is 11.5. The van der Waals surface area contributed by atoms with Gasteiger partial charge in [-0.15, -0.1) is 0 Å². The van der Waals surface area contributed by atoms with E-state index >= 15 is 0 Å². The zero-order valence-electron chi connectivity index (χ0n) is 42.2. The molecule has 3 saturated heterocycles. The van der Waals surface area contributed by atoms with Gasteiger partial charge < -0.3 is 49.6 Å². The molecule has 0 spiro atoms. The molecule has 3 aliphatic heterocycles. The summed E-state index contributed by atoms with van der Waals surface area (Å²) >= 11 is 0. The van der Waals surface area contributed by atoms with E-state index < -0.39 is 60.1 Å². The molecule has 9 atom stereocenters. The molecular weight excluding hydrogens is 849 g/mol. The summed E-state index contributed by atoms with van der Waals surface area (Å²) in [7, 11) is 5.95. The van der Waals surface area contributed by atoms with Crippen LogP contribution in [0.15, 0.2) is 42.6 Å². The van der Waals surface area contributed by atoms with Gasteiger partial charge in [0.05, 0.1) is 23.8 Å². The number of carboxylic acid groups (broad SMARTS) is 1. The molecule has 66 heavy (non-hydrogen) atoms. The molecule has 0 bridgehead atoms. The smallest absolute Gasteiger partial charge is 0.408 e. The average molecular weight is 931 g/mol. The monoisotopic (exact) mass is 931 g/mol. The van der Waals surface area contributed by atoms with Gasteiger partial charge in [0.25, 0.3) is 0 Å². The van der Waals surface area contributed by atoms with E-state index in [0.29, 0.717) is 44.8 Å². The van der Waals surface area contributed by atoms with Gasteiger partial charge in [0.15, 0.2) is 11.9 Å². The van der Waals surface area contributed by atoms with Crippen molar-refractivity contribution >= 4 is 36.1 Å². The van der Waals surface area contributed by atoms with Crippen molar-refractivity contribution in [1.82, 2.24) is 30.2 Å². The van der Waals surface area contributed by atoms with Crippen LogP contribution in [-0.2, 0) is 35.6 Å². The number of benzene rings is 1. The lowest BCUT2D eigenvalue weighted by Gasteiger charge is -2.34. The number of aliphatic hydroxyl groups excluding tert-OH is 1. The third kappa shape index (κ3) is 19.8. The Morgan fingerprint density at radius 3 is 2.14 bits per heavy atom. The quantitative estimate of drug-likeness (QED) is 0.146. The Labute approximate surface area is 393 Å². The van der Waals surface area contributed by atoms with Crippen molar-refractivity contribution in [1.29, 1.82) is 0 Å². The number of ketones is 1. The van der Waals surface area contributed by atoms with Gasteiger partial charge in [-0.3, -0.25) is 14.3 Å². The molecule has 3 unspecified atom stereocenters. The molecule has 0 aliphatic carbocycles. The highest BCUT2D eigenvalue weighted by Gasteiger charge is 2.51. The maximum absolute atomic E-state index is 13.4. The van der Waals surface area contributed by atoms with Gasteiger partial charge in [-0.05, 0) is 85.5 Å². The highest BCUT2D eigenvalue weighted by Crippen LogP contribution is 2.32. The predicted molar refractivity (Wildman–Crippen MR) is 257 cm³/mol. The number of cyclic esters (lactones) is 1. The number of aromatic nitrogens is 2. The third-order valence-electron chi connectivity index (χ3n) is 11.5. The number of nitrogens with one attached hydrogen (secondary N) is 2. The molecular formula is C49H82N6O11. The Balaban J connectivity index is 0.000000776. The Morgan fingerprint density at radius 2 is 1.61 bits per heavy atom. The van der Waals surface area contributed by atoms with E-state index in [1.807, 2.05) is 118 Å². The highest BCUT2D eigenvalue weighted by atomic mass is 16.6. The van der Waals surface area contributed by atoms with Crippen molar-refractivity contribution in [2.45, 2.75) is 151 Å². The molecule has 2 aromatic rings. The summed E-state index contributed by atoms with van der Waals surface area (Å²) in [6.45, 7) is 21.9. The zero-order chi connectivity index (χ0) is 50.1. The van der Waals surface area contributed by atoms with Crippen LogP contribution in [0.25, 0.3) is 17.3 Å². The number of alkyl carbamates (subject to hydrolysis) is 2. The van der Waals surface area contributed by atoms with E-state index in [1.54, 1.807) is 32.4 Å². The van der Waals surface area contributed by atoms with E-state index in [-0.39, 0.29) is 31.0 Å². The van der Waals surface area contributed by atoms with Crippen molar-refractivity contribution in [3.05, 3.63) is 48.2 Å². The van der Waals surface area contributed by atoms with Crippen molar-refractivity contribution in [2.24, 2.45) is 24.8 Å². The minimum atomic E-state index is -1.17. The summed E-state index contributed by atoms with van der Waals surface area (Å²) in [5, 5.41) is 27.4. The molecule has 3 aliphatic rings. The van der Waals surface area contributed by atoms with Gasteiger partial charge in [0, 0.05) is 62.7 Å². The second-order valence-corrected chi connectivity index (χ2v) is 16.8. The fraction of sp³-hybridized carbons (Fsp3) is 0.673. The molecule has 17 nitrogen and oxygen atoms in total. The van der Waals surface area contributed by atoms with E-state index in [1.165, 1.54) is 4.90 Å². The van der Waals surface area contributed by atoms with Crippen LogP contribution < -0.4 is 10.6 Å². The van der Waals surface area contributed by atoms with Gasteiger partial charge >= 0.3 is 24.2 Å². The first-order chi connectivity index (χ1) is 31.3. The molecule has 1 aromatic heterocycles. The van der Waals surface area contributed by atoms with Crippen LogP contribution in [-0.4, -0.2) is 136 Å². The van der Waals surface area contributed by atoms with Crippen LogP contribution in [0.1, 0.15) is 120 Å². The number of fused-ring (bicyclic) bond motifs is 1. The normalized spacial score (nSPS) is 26.6. The van der Waals surface area contributed by atoms with E-state index in [0.717, 1.165) is 29.7 Å². The molecule has 374 valence electrons. The molecule has 4 N–H and O–H groups in total. The molecule has 4 heterocycles. The number of hydrogen-bond acceptors (Lipinski definition) is 12. The van der Waals surface area contributed by atoms with Crippen molar-refractivity contribution in [3.8, 4) is 11.3 Å². The first-order valence-corrected chi connectivity index (χ1v) is 23.6. The molecule has 17 heteroatoms. The summed E-state index contributed by atoms with van der Waals surface area (Å²) in [5.74, 6) is -1.93. The number of Topliss-reactive ketones (excluding diaryl/α,β-unsaturated/α-hetero) is 1. The summed E-state index contributed by atoms with van der Waals surface area (Å²) in [5.41, 5.74) is 1.73. The number of ether oxygens (including phenoxy) is 4. The Bertz CT molecular complexity index is 1770. The van der Waals surface area contributed by atoms with Gasteiger partial charge in [-0.2, -0.15) is 5.10 Å². The first-order valence-electron chi connectivity index (χ1n) is 23.6. The fourth-order valence-corrected chi connectivity index (χ4v) is 7.70. The number of hydrogen-bond donors (Lipinski definition) is 4.